The molecule has 28 heavy (non-hydrogen) atoms. The number of methoxy groups -OCH3 is 1. The molecule has 6 heteroatoms. The fraction of sp³-hybridized carbons (Fsp3) is 0.227. The molecule has 0 aliphatic carbocycles. The van der Waals surface area contributed by atoms with Crippen LogP contribution in [-0.2, 0) is 6.61 Å². The average molecular weight is 416 g/mol. The van der Waals surface area contributed by atoms with E-state index in [1.54, 1.807) is 25.3 Å². The topological polar surface area (TPSA) is 47.6 Å². The summed E-state index contributed by atoms with van der Waals surface area (Å²) in [6, 6.07) is 11.2. The van der Waals surface area contributed by atoms with Gasteiger partial charge in [0.05, 0.1) is 17.0 Å². The van der Waals surface area contributed by atoms with Crippen LogP contribution in [0.1, 0.15) is 31.9 Å². The highest BCUT2D eigenvalue weighted by Gasteiger charge is 2.12. The number of amides is 1. The van der Waals surface area contributed by atoms with Crippen molar-refractivity contribution in [2.75, 3.05) is 12.4 Å². The molecular formula is C22H22ClNO3S. The summed E-state index contributed by atoms with van der Waals surface area (Å²) < 4.78 is 11.1. The van der Waals surface area contributed by atoms with Crippen LogP contribution in [0.3, 0.4) is 0 Å². The molecule has 1 N–H and O–H groups in total. The maximum Gasteiger partial charge on any atom is 0.265 e. The van der Waals surface area contributed by atoms with Gasteiger partial charge in [0.15, 0.2) is 0 Å². The second-order valence-corrected chi connectivity index (χ2v) is 7.93. The van der Waals surface area contributed by atoms with Crippen LogP contribution in [0.4, 0.5) is 5.69 Å². The molecule has 0 saturated heterocycles. The number of aryl methyl sites for hydroxylation is 2. The molecule has 0 aliphatic rings. The molecule has 0 unspecified atom stereocenters. The zero-order valence-electron chi connectivity index (χ0n) is 16.3. The number of halogens is 1. The summed E-state index contributed by atoms with van der Waals surface area (Å²) in [6.07, 6.45) is 0. The number of benzene rings is 2. The van der Waals surface area contributed by atoms with Gasteiger partial charge in [0.1, 0.15) is 18.1 Å². The van der Waals surface area contributed by atoms with E-state index < -0.39 is 0 Å². The van der Waals surface area contributed by atoms with Gasteiger partial charge in [0.2, 0.25) is 0 Å². The predicted molar refractivity (Wildman–Crippen MR) is 115 cm³/mol. The van der Waals surface area contributed by atoms with Crippen LogP contribution < -0.4 is 14.8 Å². The summed E-state index contributed by atoms with van der Waals surface area (Å²) in [4.78, 5) is 13.1. The minimum Gasteiger partial charge on any atom is -0.495 e. The Labute approximate surface area is 174 Å². The minimum absolute atomic E-state index is 0.180. The number of rotatable bonds is 6. The van der Waals surface area contributed by atoms with Crippen LogP contribution in [0.2, 0.25) is 5.02 Å². The van der Waals surface area contributed by atoms with E-state index in [2.05, 4.69) is 32.2 Å². The number of thiophene rings is 1. The second-order valence-electron chi connectivity index (χ2n) is 6.62. The molecule has 1 aromatic heterocycles. The Bertz CT molecular complexity index is 1010. The van der Waals surface area contributed by atoms with Gasteiger partial charge in [-0.1, -0.05) is 17.7 Å². The SMILES string of the molecule is COc1ccc(NC(=O)c2cc(COc3cc(C)cc(C)c3C)cs2)cc1Cl. The summed E-state index contributed by atoms with van der Waals surface area (Å²) in [5, 5.41) is 5.24. The van der Waals surface area contributed by atoms with Crippen molar-refractivity contribution in [3.05, 3.63) is 73.9 Å². The Morgan fingerprint density at radius 3 is 2.61 bits per heavy atom. The maximum atomic E-state index is 12.5. The molecule has 0 saturated carbocycles. The normalized spacial score (nSPS) is 10.6. The van der Waals surface area contributed by atoms with Crippen molar-refractivity contribution in [1.29, 1.82) is 0 Å². The van der Waals surface area contributed by atoms with E-state index >= 15 is 0 Å². The standard InChI is InChI=1S/C22H22ClNO3S/c1-13-7-14(2)15(3)20(8-13)27-11-16-9-21(28-12-16)22(25)24-17-5-6-19(26-4)18(23)10-17/h5-10,12H,11H2,1-4H3,(H,24,25). The lowest BCUT2D eigenvalue weighted by molar-refractivity contribution is 0.103. The quantitative estimate of drug-likeness (QED) is 0.523. The van der Waals surface area contributed by atoms with E-state index in [1.165, 1.54) is 22.5 Å². The monoisotopic (exact) mass is 415 g/mol. The van der Waals surface area contributed by atoms with Gasteiger partial charge < -0.3 is 14.8 Å². The smallest absolute Gasteiger partial charge is 0.265 e. The van der Waals surface area contributed by atoms with E-state index in [0.717, 1.165) is 16.9 Å². The summed E-state index contributed by atoms with van der Waals surface area (Å²) in [5.41, 5.74) is 5.09. The van der Waals surface area contributed by atoms with Crippen molar-refractivity contribution in [2.24, 2.45) is 0 Å². The first-order valence-corrected chi connectivity index (χ1v) is 10.1. The van der Waals surface area contributed by atoms with E-state index in [4.69, 9.17) is 21.1 Å². The van der Waals surface area contributed by atoms with Gasteiger partial charge in [-0.25, -0.2) is 0 Å². The molecule has 0 atom stereocenters. The van der Waals surface area contributed by atoms with Crippen LogP contribution >= 0.6 is 22.9 Å². The molecule has 3 aromatic rings. The molecule has 1 amide bonds. The van der Waals surface area contributed by atoms with E-state index in [0.29, 0.717) is 27.9 Å². The fourth-order valence-electron chi connectivity index (χ4n) is 2.82. The molecule has 146 valence electrons. The van der Waals surface area contributed by atoms with E-state index in [1.807, 2.05) is 17.5 Å². The van der Waals surface area contributed by atoms with Crippen molar-refractivity contribution in [3.8, 4) is 11.5 Å². The highest BCUT2D eigenvalue weighted by molar-refractivity contribution is 7.12. The molecule has 1 heterocycles. The summed E-state index contributed by atoms with van der Waals surface area (Å²) in [7, 11) is 1.55. The van der Waals surface area contributed by atoms with Crippen molar-refractivity contribution in [2.45, 2.75) is 27.4 Å². The first-order chi connectivity index (χ1) is 13.4. The average Bonchev–Trinajstić information content (AvgIpc) is 3.13. The number of hydrogen-bond acceptors (Lipinski definition) is 4. The third kappa shape index (κ3) is 4.66. The van der Waals surface area contributed by atoms with Gasteiger partial charge in [0.25, 0.3) is 5.91 Å². The van der Waals surface area contributed by atoms with Gasteiger partial charge in [-0.05, 0) is 73.2 Å². The minimum atomic E-state index is -0.180. The highest BCUT2D eigenvalue weighted by Crippen LogP contribution is 2.28. The first-order valence-electron chi connectivity index (χ1n) is 8.80. The largest absolute Gasteiger partial charge is 0.495 e. The Balaban J connectivity index is 1.65. The number of carbonyl (C=O) groups excluding carboxylic acids is 1. The van der Waals surface area contributed by atoms with E-state index in [-0.39, 0.29) is 5.91 Å². The van der Waals surface area contributed by atoms with Crippen LogP contribution in [-0.4, -0.2) is 13.0 Å². The summed E-state index contributed by atoms with van der Waals surface area (Å²) in [5.74, 6) is 1.26. The molecule has 0 radical (unpaired) electrons. The molecule has 0 bridgehead atoms. The molecule has 4 nitrogen and oxygen atoms in total. The lowest BCUT2D eigenvalue weighted by atomic mass is 10.1. The Morgan fingerprint density at radius 1 is 1.11 bits per heavy atom. The third-order valence-corrected chi connectivity index (χ3v) is 5.72. The number of hydrogen-bond donors (Lipinski definition) is 1. The lowest BCUT2D eigenvalue weighted by Crippen LogP contribution is -2.10. The van der Waals surface area contributed by atoms with Crippen molar-refractivity contribution < 1.29 is 14.3 Å². The zero-order valence-corrected chi connectivity index (χ0v) is 17.8. The Hall–Kier alpha value is -2.50. The molecule has 0 fully saturated rings. The molecule has 2 aromatic carbocycles. The first kappa shape index (κ1) is 20.2. The molecule has 0 spiro atoms. The number of nitrogens with one attached hydrogen (secondary N) is 1. The number of ether oxygens (including phenoxy) is 2. The van der Waals surface area contributed by atoms with Crippen LogP contribution in [0, 0.1) is 20.8 Å². The predicted octanol–water partition coefficient (Wildman–Crippen LogP) is 6.17. The maximum absolute atomic E-state index is 12.5. The van der Waals surface area contributed by atoms with Crippen molar-refractivity contribution in [1.82, 2.24) is 0 Å². The molecule has 3 rings (SSSR count). The van der Waals surface area contributed by atoms with Gasteiger partial charge in [0, 0.05) is 11.3 Å². The number of carbonyl (C=O) groups is 1. The van der Waals surface area contributed by atoms with Crippen molar-refractivity contribution in [3.63, 3.8) is 0 Å². The van der Waals surface area contributed by atoms with Crippen LogP contribution in [0.5, 0.6) is 11.5 Å². The van der Waals surface area contributed by atoms with Gasteiger partial charge in [-0.3, -0.25) is 4.79 Å². The molecular weight excluding hydrogens is 394 g/mol. The molecule has 0 aliphatic heterocycles. The summed E-state index contributed by atoms with van der Waals surface area (Å²) in [6.45, 7) is 6.60. The van der Waals surface area contributed by atoms with Crippen LogP contribution in [0.25, 0.3) is 0 Å². The van der Waals surface area contributed by atoms with Gasteiger partial charge >= 0.3 is 0 Å². The van der Waals surface area contributed by atoms with E-state index in [9.17, 15) is 4.79 Å². The fourth-order valence-corrected chi connectivity index (χ4v) is 3.87. The Kier molecular flexibility index (Phi) is 6.27. The number of anilines is 1. The van der Waals surface area contributed by atoms with Crippen molar-refractivity contribution >= 4 is 34.5 Å². The lowest BCUT2D eigenvalue weighted by Gasteiger charge is -2.11. The zero-order chi connectivity index (χ0) is 20.3. The Morgan fingerprint density at radius 2 is 1.89 bits per heavy atom. The summed E-state index contributed by atoms with van der Waals surface area (Å²) >= 11 is 7.49. The third-order valence-electron chi connectivity index (χ3n) is 4.45. The van der Waals surface area contributed by atoms with Gasteiger partial charge in [-0.2, -0.15) is 0 Å². The second kappa shape index (κ2) is 8.67. The van der Waals surface area contributed by atoms with Gasteiger partial charge in [-0.15, -0.1) is 11.3 Å². The highest BCUT2D eigenvalue weighted by atomic mass is 35.5. The van der Waals surface area contributed by atoms with Crippen LogP contribution in [0.15, 0.2) is 41.8 Å².